The number of benzene rings is 1. The number of nitrogens with zero attached hydrogens (tertiary/aromatic N) is 5. The van der Waals surface area contributed by atoms with Crippen molar-refractivity contribution in [3.63, 3.8) is 0 Å². The van der Waals surface area contributed by atoms with Gasteiger partial charge in [0.05, 0.1) is 16.7 Å². The molecule has 0 bridgehead atoms. The van der Waals surface area contributed by atoms with Crippen molar-refractivity contribution >= 4 is 17.5 Å². The van der Waals surface area contributed by atoms with Crippen LogP contribution in [0.25, 0.3) is 0 Å². The van der Waals surface area contributed by atoms with Crippen molar-refractivity contribution in [3.05, 3.63) is 70.8 Å². The zero-order valence-electron chi connectivity index (χ0n) is 19.7. The molecule has 0 aliphatic carbocycles. The molecule has 1 amide bonds. The molecule has 1 aromatic carbocycles. The molecule has 1 unspecified atom stereocenters. The molecular weight excluding hydrogens is 414 g/mol. The summed E-state index contributed by atoms with van der Waals surface area (Å²) in [6.45, 7) is 8.21. The maximum atomic E-state index is 13.6. The Labute approximate surface area is 193 Å². The molecule has 2 N–H and O–H groups in total. The molecule has 1 aromatic heterocycles. The number of anilines is 2. The topological polar surface area (TPSA) is 94.9 Å². The van der Waals surface area contributed by atoms with Gasteiger partial charge in [0.15, 0.2) is 6.17 Å². The first-order valence-corrected chi connectivity index (χ1v) is 11.3. The Bertz CT molecular complexity index is 1210. The minimum atomic E-state index is -0.631. The third kappa shape index (κ3) is 3.23. The Balaban J connectivity index is 1.72. The molecule has 2 atom stereocenters. The number of carbonyl (C=O) groups is 1. The van der Waals surface area contributed by atoms with E-state index in [2.05, 4.69) is 49.9 Å². The van der Waals surface area contributed by atoms with Gasteiger partial charge in [-0.1, -0.05) is 19.1 Å². The Morgan fingerprint density at radius 3 is 2.67 bits per heavy atom. The number of nitrogens with one attached hydrogen (secondary N) is 2. The lowest BCUT2D eigenvalue weighted by molar-refractivity contribution is -0.120. The molecule has 0 spiro atoms. The van der Waals surface area contributed by atoms with Gasteiger partial charge in [-0.15, -0.1) is 0 Å². The van der Waals surface area contributed by atoms with Gasteiger partial charge in [0.2, 0.25) is 5.95 Å². The van der Waals surface area contributed by atoms with Gasteiger partial charge in [-0.3, -0.25) is 4.79 Å². The molecular formula is C25H29N7O. The molecule has 4 heterocycles. The van der Waals surface area contributed by atoms with E-state index in [-0.39, 0.29) is 17.6 Å². The number of aromatic nitrogens is 2. The van der Waals surface area contributed by atoms with E-state index < -0.39 is 5.41 Å². The molecule has 33 heavy (non-hydrogen) atoms. The normalized spacial score (nSPS) is 25.4. The Morgan fingerprint density at radius 1 is 1.18 bits per heavy atom. The van der Waals surface area contributed by atoms with Crippen molar-refractivity contribution < 1.29 is 4.79 Å². The number of fused-ring (bicyclic) bond motifs is 1. The van der Waals surface area contributed by atoms with Crippen molar-refractivity contribution in [2.45, 2.75) is 57.7 Å². The second kappa shape index (κ2) is 7.50. The fourth-order valence-corrected chi connectivity index (χ4v) is 5.48. The summed E-state index contributed by atoms with van der Waals surface area (Å²) in [7, 11) is 1.95. The predicted octanol–water partition coefficient (Wildman–Crippen LogP) is 4.11. The van der Waals surface area contributed by atoms with Crippen molar-refractivity contribution in [2.24, 2.45) is 10.2 Å². The van der Waals surface area contributed by atoms with Gasteiger partial charge in [-0.25, -0.2) is 9.97 Å². The fourth-order valence-electron chi connectivity index (χ4n) is 5.48. The lowest BCUT2D eigenvalue weighted by atomic mass is 9.61. The quantitative estimate of drug-likeness (QED) is 0.741. The Morgan fingerprint density at radius 2 is 1.94 bits per heavy atom. The van der Waals surface area contributed by atoms with Crippen molar-refractivity contribution in [1.29, 1.82) is 0 Å². The first-order chi connectivity index (χ1) is 15.8. The van der Waals surface area contributed by atoms with Crippen LogP contribution in [0.15, 0.2) is 75.5 Å². The zero-order valence-corrected chi connectivity index (χ0v) is 19.7. The number of carbonyl (C=O) groups excluding carboxylic acids is 1. The standard InChI is InChI=1S/C25H29N7O/c1-6-25(16-9-7-10-17(13-16)32(5)23-26-11-8-12-27-23)19-15(2)30-31-21(19)28-18-14-24(3,4)29-22(33)20(18)25/h7-13,21,28H,6,14H2,1-5H3,(H,29,33)/t21?,25-/m0/s1. The van der Waals surface area contributed by atoms with Gasteiger partial charge in [0.1, 0.15) is 0 Å². The first kappa shape index (κ1) is 21.3. The van der Waals surface area contributed by atoms with Gasteiger partial charge >= 0.3 is 0 Å². The summed E-state index contributed by atoms with van der Waals surface area (Å²) >= 11 is 0. The summed E-state index contributed by atoms with van der Waals surface area (Å²) in [6.07, 6.45) is 4.63. The van der Waals surface area contributed by atoms with Crippen LogP contribution >= 0.6 is 0 Å². The van der Waals surface area contributed by atoms with Crippen LogP contribution in [-0.2, 0) is 10.2 Å². The number of allylic oxidation sites excluding steroid dienone is 1. The number of hydrogen-bond donors (Lipinski definition) is 2. The lowest BCUT2D eigenvalue weighted by Crippen LogP contribution is -2.58. The summed E-state index contributed by atoms with van der Waals surface area (Å²) in [5, 5.41) is 15.7. The highest BCUT2D eigenvalue weighted by atomic mass is 16.2. The van der Waals surface area contributed by atoms with Crippen molar-refractivity contribution in [2.75, 3.05) is 11.9 Å². The molecule has 3 aliphatic rings. The third-order valence-corrected chi connectivity index (χ3v) is 6.89. The molecule has 8 nitrogen and oxygen atoms in total. The largest absolute Gasteiger partial charge is 0.362 e. The van der Waals surface area contributed by atoms with E-state index >= 15 is 0 Å². The lowest BCUT2D eigenvalue weighted by Gasteiger charge is -2.48. The summed E-state index contributed by atoms with van der Waals surface area (Å²) in [5.41, 5.74) is 4.68. The van der Waals surface area contributed by atoms with E-state index in [4.69, 9.17) is 0 Å². The van der Waals surface area contributed by atoms with E-state index in [0.29, 0.717) is 18.8 Å². The van der Waals surface area contributed by atoms with Gasteiger partial charge in [0, 0.05) is 48.4 Å². The maximum Gasteiger partial charge on any atom is 0.250 e. The van der Waals surface area contributed by atoms with Crippen LogP contribution in [-0.4, -0.2) is 34.6 Å². The second-order valence-corrected chi connectivity index (χ2v) is 9.55. The molecule has 8 heteroatoms. The second-order valence-electron chi connectivity index (χ2n) is 9.55. The van der Waals surface area contributed by atoms with Gasteiger partial charge in [0.25, 0.3) is 5.91 Å². The predicted molar refractivity (Wildman–Crippen MR) is 127 cm³/mol. The van der Waals surface area contributed by atoms with E-state index in [1.807, 2.05) is 44.9 Å². The van der Waals surface area contributed by atoms with E-state index in [0.717, 1.165) is 33.8 Å². The number of amides is 1. The number of azo groups is 1. The Kier molecular flexibility index (Phi) is 4.84. The zero-order chi connectivity index (χ0) is 23.4. The van der Waals surface area contributed by atoms with Gasteiger partial charge in [-0.2, -0.15) is 10.2 Å². The van der Waals surface area contributed by atoms with Crippen LogP contribution in [0.1, 0.15) is 46.1 Å². The van der Waals surface area contributed by atoms with Crippen LogP contribution in [0.3, 0.4) is 0 Å². The first-order valence-electron chi connectivity index (χ1n) is 11.3. The summed E-state index contributed by atoms with van der Waals surface area (Å²) < 4.78 is 0. The van der Waals surface area contributed by atoms with Crippen LogP contribution in [0.4, 0.5) is 11.6 Å². The molecule has 2 aromatic rings. The highest BCUT2D eigenvalue weighted by molar-refractivity contribution is 6.00. The average Bonchev–Trinajstić information content (AvgIpc) is 3.17. The molecule has 0 fully saturated rings. The van der Waals surface area contributed by atoms with Gasteiger partial charge in [-0.05, 0) is 51.0 Å². The molecule has 3 aliphatic heterocycles. The highest BCUT2D eigenvalue weighted by Crippen LogP contribution is 2.53. The van der Waals surface area contributed by atoms with Crippen LogP contribution in [0.2, 0.25) is 0 Å². The number of rotatable bonds is 4. The maximum absolute atomic E-state index is 13.6. The van der Waals surface area contributed by atoms with Gasteiger partial charge < -0.3 is 15.5 Å². The van der Waals surface area contributed by atoms with E-state index in [9.17, 15) is 4.79 Å². The molecule has 170 valence electrons. The number of hydrogen-bond acceptors (Lipinski definition) is 7. The van der Waals surface area contributed by atoms with Crippen LogP contribution in [0.5, 0.6) is 0 Å². The highest BCUT2D eigenvalue weighted by Gasteiger charge is 2.54. The minimum Gasteiger partial charge on any atom is -0.362 e. The molecule has 0 saturated heterocycles. The van der Waals surface area contributed by atoms with Crippen LogP contribution in [0, 0.1) is 0 Å². The molecule has 0 radical (unpaired) electrons. The third-order valence-electron chi connectivity index (χ3n) is 6.89. The smallest absolute Gasteiger partial charge is 0.250 e. The minimum absolute atomic E-state index is 0.0357. The van der Waals surface area contributed by atoms with Crippen molar-refractivity contribution in [1.82, 2.24) is 20.6 Å². The van der Waals surface area contributed by atoms with E-state index in [1.165, 1.54) is 0 Å². The Hall–Kier alpha value is -3.55. The van der Waals surface area contributed by atoms with E-state index in [1.54, 1.807) is 18.5 Å². The monoisotopic (exact) mass is 443 g/mol. The summed E-state index contributed by atoms with van der Waals surface area (Å²) in [5.74, 6) is 0.577. The molecule has 0 saturated carbocycles. The summed E-state index contributed by atoms with van der Waals surface area (Å²) in [4.78, 5) is 24.3. The van der Waals surface area contributed by atoms with Crippen LogP contribution < -0.4 is 15.5 Å². The fraction of sp³-hybridized carbons (Fsp3) is 0.400. The molecule has 5 rings (SSSR count). The average molecular weight is 444 g/mol. The van der Waals surface area contributed by atoms with Crippen molar-refractivity contribution in [3.8, 4) is 0 Å². The SMILES string of the molecule is CC[C@@]1(c2cccc(N(C)c3ncccn3)c2)C2=C(CC(C)(C)NC2=O)NC2N=NC(C)=C21. The summed E-state index contributed by atoms with van der Waals surface area (Å²) in [6, 6.07) is 10.1.